The number of imidazole rings is 1. The summed E-state index contributed by atoms with van der Waals surface area (Å²) in [7, 11) is 0. The number of H-pyrrole nitrogens is 1. The number of aromatic amines is 1. The lowest BCUT2D eigenvalue weighted by Gasteiger charge is -2.22. The molecule has 6 nitrogen and oxygen atoms in total. The van der Waals surface area contributed by atoms with Crippen LogP contribution in [0.2, 0.25) is 5.02 Å². The van der Waals surface area contributed by atoms with Gasteiger partial charge in [0.1, 0.15) is 29.0 Å². The number of hydrogen-bond donors (Lipinski definition) is 2. The maximum absolute atomic E-state index is 13.8. The SMILES string of the molecule is CC.OC1CCCc2c(Oc3nc4nc(OCc5c(F)cccc5F)c(Cl)cc4[nH]3)cccc21. The van der Waals surface area contributed by atoms with Gasteiger partial charge in [0.15, 0.2) is 5.65 Å². The Labute approximate surface area is 200 Å². The molecule has 0 bridgehead atoms. The molecule has 1 unspecified atom stereocenters. The Bertz CT molecular complexity index is 1290. The molecule has 1 atom stereocenters. The van der Waals surface area contributed by atoms with E-state index in [1.165, 1.54) is 6.07 Å². The molecule has 178 valence electrons. The first-order chi connectivity index (χ1) is 16.5. The molecule has 2 aromatic heterocycles. The molecule has 2 aromatic carbocycles. The van der Waals surface area contributed by atoms with Gasteiger partial charge in [-0.05, 0) is 49.1 Å². The lowest BCUT2D eigenvalue weighted by Crippen LogP contribution is -2.10. The number of halogens is 3. The number of rotatable bonds is 5. The summed E-state index contributed by atoms with van der Waals surface area (Å²) in [5.41, 5.74) is 2.39. The molecule has 0 spiro atoms. The van der Waals surface area contributed by atoms with Crippen molar-refractivity contribution in [3.8, 4) is 17.6 Å². The van der Waals surface area contributed by atoms with Gasteiger partial charge in [-0.1, -0.05) is 43.6 Å². The molecule has 0 aliphatic heterocycles. The molecule has 2 heterocycles. The van der Waals surface area contributed by atoms with Crippen LogP contribution in [0.5, 0.6) is 17.6 Å². The Balaban J connectivity index is 0.00000133. The summed E-state index contributed by atoms with van der Waals surface area (Å²) in [5, 5.41) is 10.4. The van der Waals surface area contributed by atoms with Crippen LogP contribution < -0.4 is 9.47 Å². The smallest absolute Gasteiger partial charge is 0.301 e. The van der Waals surface area contributed by atoms with E-state index in [1.807, 2.05) is 32.0 Å². The molecule has 0 saturated heterocycles. The highest BCUT2D eigenvalue weighted by atomic mass is 35.5. The van der Waals surface area contributed by atoms with Crippen molar-refractivity contribution >= 4 is 22.8 Å². The van der Waals surface area contributed by atoms with Crippen molar-refractivity contribution in [2.24, 2.45) is 0 Å². The first kappa shape index (κ1) is 23.9. The van der Waals surface area contributed by atoms with Crippen molar-refractivity contribution in [1.29, 1.82) is 0 Å². The largest absolute Gasteiger partial charge is 0.471 e. The Hall–Kier alpha value is -3.23. The fourth-order valence-corrected chi connectivity index (χ4v) is 4.04. The second-order valence-corrected chi connectivity index (χ2v) is 7.92. The van der Waals surface area contributed by atoms with Crippen molar-refractivity contribution in [3.05, 3.63) is 75.8 Å². The summed E-state index contributed by atoms with van der Waals surface area (Å²) >= 11 is 6.24. The van der Waals surface area contributed by atoms with Crippen LogP contribution in [0.15, 0.2) is 42.5 Å². The lowest BCUT2D eigenvalue weighted by atomic mass is 9.89. The molecular formula is C25H24ClF2N3O3. The molecule has 1 aliphatic rings. The van der Waals surface area contributed by atoms with Crippen molar-refractivity contribution in [2.75, 3.05) is 0 Å². The van der Waals surface area contributed by atoms with Crippen molar-refractivity contribution < 1.29 is 23.4 Å². The van der Waals surface area contributed by atoms with E-state index in [0.29, 0.717) is 11.3 Å². The number of nitrogens with one attached hydrogen (secondary N) is 1. The molecule has 2 N–H and O–H groups in total. The minimum absolute atomic E-state index is 0.0000763. The summed E-state index contributed by atoms with van der Waals surface area (Å²) in [6.07, 6.45) is 1.90. The maximum Gasteiger partial charge on any atom is 0.301 e. The predicted octanol–water partition coefficient (Wildman–Crippen LogP) is 6.66. The standard InChI is InChI=1S/C23H18ClF2N3O3.C2H6/c24-15-10-18-21(28-22(15)31-11-14-16(25)6-3-7-17(14)26)29-23(27-18)32-20-9-2-4-12-13(20)5-1-8-19(12)30;1-2/h2-4,6-7,9-10,19,30H,1,5,8,11H2,(H,27,28,29);1-2H3. The molecule has 4 aromatic rings. The summed E-state index contributed by atoms with van der Waals surface area (Å²) in [4.78, 5) is 11.6. The van der Waals surface area contributed by atoms with Gasteiger partial charge in [0.05, 0.1) is 17.2 Å². The third-order valence-electron chi connectivity index (χ3n) is 5.43. The number of benzene rings is 2. The van der Waals surface area contributed by atoms with Gasteiger partial charge in [0.2, 0.25) is 5.88 Å². The highest BCUT2D eigenvalue weighted by Crippen LogP contribution is 2.37. The number of pyridine rings is 1. The molecule has 9 heteroatoms. The average molecular weight is 488 g/mol. The Morgan fingerprint density at radius 1 is 1.12 bits per heavy atom. The van der Waals surface area contributed by atoms with Crippen LogP contribution in [0, 0.1) is 11.6 Å². The quantitative estimate of drug-likeness (QED) is 0.329. The first-order valence-corrected chi connectivity index (χ1v) is 11.5. The van der Waals surface area contributed by atoms with Crippen LogP contribution in [-0.4, -0.2) is 20.1 Å². The summed E-state index contributed by atoms with van der Waals surface area (Å²) in [5.74, 6) is -0.819. The Morgan fingerprint density at radius 2 is 1.85 bits per heavy atom. The minimum Gasteiger partial charge on any atom is -0.471 e. The zero-order valence-electron chi connectivity index (χ0n) is 18.7. The van der Waals surface area contributed by atoms with Gasteiger partial charge in [-0.25, -0.2) is 8.78 Å². The Kier molecular flexibility index (Phi) is 7.29. The third-order valence-corrected chi connectivity index (χ3v) is 5.70. The number of nitrogens with zero attached hydrogens (tertiary/aromatic N) is 2. The molecule has 0 fully saturated rings. The predicted molar refractivity (Wildman–Crippen MR) is 125 cm³/mol. The maximum atomic E-state index is 13.8. The summed E-state index contributed by atoms with van der Waals surface area (Å²) < 4.78 is 39.1. The van der Waals surface area contributed by atoms with E-state index in [2.05, 4.69) is 15.0 Å². The van der Waals surface area contributed by atoms with E-state index >= 15 is 0 Å². The molecule has 1 aliphatic carbocycles. The molecule has 0 amide bonds. The second kappa shape index (κ2) is 10.4. The number of aliphatic hydroxyl groups excluding tert-OH is 1. The zero-order chi connectivity index (χ0) is 24.2. The normalized spacial score (nSPS) is 14.8. The number of fused-ring (bicyclic) bond motifs is 2. The second-order valence-electron chi connectivity index (χ2n) is 7.51. The van der Waals surface area contributed by atoms with Gasteiger partial charge in [-0.3, -0.25) is 0 Å². The van der Waals surface area contributed by atoms with E-state index in [-0.39, 0.29) is 34.7 Å². The van der Waals surface area contributed by atoms with Gasteiger partial charge in [0.25, 0.3) is 0 Å². The highest BCUT2D eigenvalue weighted by molar-refractivity contribution is 6.32. The van der Waals surface area contributed by atoms with E-state index in [9.17, 15) is 13.9 Å². The van der Waals surface area contributed by atoms with Crippen LogP contribution in [-0.2, 0) is 13.0 Å². The van der Waals surface area contributed by atoms with Gasteiger partial charge >= 0.3 is 6.01 Å². The van der Waals surface area contributed by atoms with E-state index in [0.717, 1.165) is 42.5 Å². The Morgan fingerprint density at radius 3 is 2.62 bits per heavy atom. The fourth-order valence-electron chi connectivity index (χ4n) is 3.83. The van der Waals surface area contributed by atoms with Gasteiger partial charge in [-0.15, -0.1) is 0 Å². The fraction of sp³-hybridized carbons (Fsp3) is 0.280. The van der Waals surface area contributed by atoms with Crippen molar-refractivity contribution in [2.45, 2.75) is 45.8 Å². The first-order valence-electron chi connectivity index (χ1n) is 11.1. The lowest BCUT2D eigenvalue weighted by molar-refractivity contribution is 0.156. The molecule has 34 heavy (non-hydrogen) atoms. The van der Waals surface area contributed by atoms with E-state index in [1.54, 1.807) is 6.07 Å². The van der Waals surface area contributed by atoms with Crippen LogP contribution in [0.3, 0.4) is 0 Å². The van der Waals surface area contributed by atoms with E-state index < -0.39 is 17.7 Å². The monoisotopic (exact) mass is 487 g/mol. The van der Waals surface area contributed by atoms with Crippen LogP contribution in [0.4, 0.5) is 8.78 Å². The van der Waals surface area contributed by atoms with Crippen molar-refractivity contribution in [3.63, 3.8) is 0 Å². The third kappa shape index (κ3) is 4.83. The highest BCUT2D eigenvalue weighted by Gasteiger charge is 2.22. The molecule has 0 saturated carbocycles. The minimum atomic E-state index is -0.714. The van der Waals surface area contributed by atoms with Gasteiger partial charge in [-0.2, -0.15) is 9.97 Å². The average Bonchev–Trinajstić information content (AvgIpc) is 3.21. The molecule has 0 radical (unpaired) electrons. The summed E-state index contributed by atoms with van der Waals surface area (Å²) in [6, 6.07) is 10.9. The number of ether oxygens (including phenoxy) is 2. The van der Waals surface area contributed by atoms with Gasteiger partial charge in [0, 0.05) is 5.56 Å². The van der Waals surface area contributed by atoms with E-state index in [4.69, 9.17) is 21.1 Å². The van der Waals surface area contributed by atoms with Crippen molar-refractivity contribution in [1.82, 2.24) is 15.0 Å². The number of aromatic nitrogens is 3. The van der Waals surface area contributed by atoms with Crippen LogP contribution >= 0.6 is 11.6 Å². The number of aliphatic hydroxyl groups is 1. The number of hydrogen-bond acceptors (Lipinski definition) is 5. The summed E-state index contributed by atoms with van der Waals surface area (Å²) in [6.45, 7) is 3.63. The van der Waals surface area contributed by atoms with Crippen LogP contribution in [0.25, 0.3) is 11.2 Å². The van der Waals surface area contributed by atoms with Gasteiger partial charge < -0.3 is 19.6 Å². The molecular weight excluding hydrogens is 464 g/mol. The molecule has 5 rings (SSSR count). The van der Waals surface area contributed by atoms with Crippen LogP contribution in [0.1, 0.15) is 49.5 Å². The zero-order valence-corrected chi connectivity index (χ0v) is 19.5. The topological polar surface area (TPSA) is 80.3 Å².